The summed E-state index contributed by atoms with van der Waals surface area (Å²) in [5, 5.41) is 2.49. The maximum absolute atomic E-state index is 4.98. The third kappa shape index (κ3) is 4.25. The van der Waals surface area contributed by atoms with Gasteiger partial charge in [0.2, 0.25) is 0 Å². The average molecular weight is 606 g/mol. The number of hydrogen-bond donors (Lipinski definition) is 0. The second-order valence-electron chi connectivity index (χ2n) is 10.6. The van der Waals surface area contributed by atoms with Crippen molar-refractivity contribution in [3.63, 3.8) is 0 Å². The van der Waals surface area contributed by atoms with Gasteiger partial charge in [0.25, 0.3) is 0 Å². The molecule has 1 aliphatic heterocycles. The molecule has 8 rings (SSSR count). The quantitative estimate of drug-likeness (QED) is 0.201. The predicted octanol–water partition coefficient (Wildman–Crippen LogP) is 9.48. The van der Waals surface area contributed by atoms with Gasteiger partial charge < -0.3 is 4.90 Å². The number of halogens is 1. The molecule has 0 amide bonds. The minimum Gasteiger partial charge on any atom is -0.333 e. The summed E-state index contributed by atoms with van der Waals surface area (Å²) in [4.78, 5) is 17.3. The maximum atomic E-state index is 4.98. The number of nitrogens with zero attached hydrogens (tertiary/aromatic N) is 4. The topological polar surface area (TPSA) is 41.9 Å². The highest BCUT2D eigenvalue weighted by Crippen LogP contribution is 2.51. The van der Waals surface area contributed by atoms with E-state index in [0.29, 0.717) is 17.5 Å². The molecule has 6 aromatic rings. The van der Waals surface area contributed by atoms with Gasteiger partial charge in [0.1, 0.15) is 0 Å². The molecule has 1 aliphatic carbocycles. The average Bonchev–Trinajstić information content (AvgIpc) is 3.39. The van der Waals surface area contributed by atoms with E-state index in [4.69, 9.17) is 15.0 Å². The molecule has 5 aromatic carbocycles. The Morgan fingerprint density at radius 1 is 0.595 bits per heavy atom. The van der Waals surface area contributed by atoms with E-state index in [1.54, 1.807) is 0 Å². The predicted molar refractivity (Wildman–Crippen MR) is 175 cm³/mol. The fourth-order valence-electron chi connectivity index (χ4n) is 6.15. The molecule has 2 atom stereocenters. The summed E-state index contributed by atoms with van der Waals surface area (Å²) >= 11 is 3.73. The Morgan fingerprint density at radius 2 is 1.21 bits per heavy atom. The molecule has 0 saturated carbocycles. The van der Waals surface area contributed by atoms with Gasteiger partial charge in [-0.2, -0.15) is 0 Å². The molecule has 1 aromatic heterocycles. The lowest BCUT2D eigenvalue weighted by Crippen LogP contribution is -2.28. The summed E-state index contributed by atoms with van der Waals surface area (Å²) in [5.41, 5.74) is 6.57. The van der Waals surface area contributed by atoms with Crippen molar-refractivity contribution in [1.82, 2.24) is 15.0 Å². The van der Waals surface area contributed by atoms with Crippen molar-refractivity contribution in [2.45, 2.75) is 12.0 Å². The van der Waals surface area contributed by atoms with Gasteiger partial charge in [-0.3, -0.25) is 0 Å². The number of benzene rings is 5. The zero-order chi connectivity index (χ0) is 28.0. The van der Waals surface area contributed by atoms with Crippen molar-refractivity contribution < 1.29 is 0 Å². The molecule has 0 N–H and O–H groups in total. The number of anilines is 2. The summed E-state index contributed by atoms with van der Waals surface area (Å²) in [6.07, 6.45) is 6.79. The highest BCUT2D eigenvalue weighted by atomic mass is 79.9. The van der Waals surface area contributed by atoms with Gasteiger partial charge in [-0.1, -0.05) is 143 Å². The number of fused-ring (bicyclic) bond motifs is 5. The number of hydrogen-bond acceptors (Lipinski definition) is 4. The molecule has 4 nitrogen and oxygen atoms in total. The molecule has 0 bridgehead atoms. The van der Waals surface area contributed by atoms with Crippen LogP contribution in [0.1, 0.15) is 11.5 Å². The Bertz CT molecular complexity index is 1960. The van der Waals surface area contributed by atoms with Crippen LogP contribution < -0.4 is 4.90 Å². The van der Waals surface area contributed by atoms with Crippen LogP contribution in [0.3, 0.4) is 0 Å². The summed E-state index contributed by atoms with van der Waals surface area (Å²) in [6.45, 7) is 0. The summed E-state index contributed by atoms with van der Waals surface area (Å²) in [5.74, 6) is 2.22. The SMILES string of the molecule is BrC1=CC2c3ccc4ccccc4c3N(c3cccc(-c4nc(-c5ccccc5)nc(-c5ccccc5)n4)c3)C2C=C1. The maximum Gasteiger partial charge on any atom is 0.164 e. The van der Waals surface area contributed by atoms with E-state index in [2.05, 4.69) is 99.7 Å². The lowest BCUT2D eigenvalue weighted by molar-refractivity contribution is 0.744. The minimum absolute atomic E-state index is 0.167. The van der Waals surface area contributed by atoms with Crippen molar-refractivity contribution in [3.8, 4) is 34.2 Å². The molecule has 0 fully saturated rings. The van der Waals surface area contributed by atoms with Crippen LogP contribution in [0.4, 0.5) is 11.4 Å². The number of allylic oxidation sites excluding steroid dienone is 2. The van der Waals surface area contributed by atoms with Crippen LogP contribution in [0.5, 0.6) is 0 Å². The normalized spacial score (nSPS) is 17.2. The Labute approximate surface area is 252 Å². The molecule has 2 heterocycles. The standard InChI is InChI=1S/C37H25BrN4/c38-28-19-21-33-32(23-28)31-20-18-24-10-7-8-17-30(24)34(31)42(33)29-16-9-15-27(22-29)37-40-35(25-11-3-1-4-12-25)39-36(41-37)26-13-5-2-6-14-26/h1-23,32-33H. The fourth-order valence-corrected chi connectivity index (χ4v) is 6.59. The van der Waals surface area contributed by atoms with Crippen molar-refractivity contribution in [3.05, 3.63) is 150 Å². The minimum atomic E-state index is 0.167. The van der Waals surface area contributed by atoms with Crippen LogP contribution in [-0.4, -0.2) is 21.0 Å². The first-order chi connectivity index (χ1) is 20.7. The fraction of sp³-hybridized carbons (Fsp3) is 0.0541. The lowest BCUT2D eigenvalue weighted by atomic mass is 9.90. The summed E-state index contributed by atoms with van der Waals surface area (Å²) in [7, 11) is 0. The highest BCUT2D eigenvalue weighted by Gasteiger charge is 2.39. The van der Waals surface area contributed by atoms with Crippen LogP contribution in [0.25, 0.3) is 44.9 Å². The molecule has 2 unspecified atom stereocenters. The molecule has 0 saturated heterocycles. The Kier molecular flexibility index (Phi) is 6.04. The second-order valence-corrected chi connectivity index (χ2v) is 11.5. The van der Waals surface area contributed by atoms with E-state index in [0.717, 1.165) is 26.9 Å². The second kappa shape index (κ2) is 10.2. The molecule has 42 heavy (non-hydrogen) atoms. The largest absolute Gasteiger partial charge is 0.333 e. The van der Waals surface area contributed by atoms with Crippen molar-refractivity contribution in [1.29, 1.82) is 0 Å². The Morgan fingerprint density at radius 3 is 1.93 bits per heavy atom. The third-order valence-corrected chi connectivity index (χ3v) is 8.60. The first-order valence-corrected chi connectivity index (χ1v) is 14.9. The van der Waals surface area contributed by atoms with Crippen LogP contribution >= 0.6 is 15.9 Å². The molecule has 200 valence electrons. The number of rotatable bonds is 4. The van der Waals surface area contributed by atoms with E-state index < -0.39 is 0 Å². The first kappa shape index (κ1) is 24.9. The summed E-state index contributed by atoms with van der Waals surface area (Å²) in [6, 6.07) is 42.2. The van der Waals surface area contributed by atoms with Crippen LogP contribution in [0, 0.1) is 0 Å². The summed E-state index contributed by atoms with van der Waals surface area (Å²) < 4.78 is 1.12. The van der Waals surface area contributed by atoms with Gasteiger partial charge in [-0.25, -0.2) is 15.0 Å². The molecule has 0 radical (unpaired) electrons. The van der Waals surface area contributed by atoms with E-state index in [1.807, 2.05) is 60.7 Å². The Hall–Kier alpha value is -4.87. The molecule has 2 aliphatic rings. The van der Waals surface area contributed by atoms with Crippen molar-refractivity contribution >= 4 is 38.1 Å². The smallest absolute Gasteiger partial charge is 0.164 e. The van der Waals surface area contributed by atoms with Crippen molar-refractivity contribution in [2.75, 3.05) is 4.90 Å². The van der Waals surface area contributed by atoms with E-state index in [-0.39, 0.29) is 12.0 Å². The van der Waals surface area contributed by atoms with Gasteiger partial charge in [-0.05, 0) is 23.1 Å². The molecular weight excluding hydrogens is 580 g/mol. The lowest BCUT2D eigenvalue weighted by Gasteiger charge is -2.30. The zero-order valence-electron chi connectivity index (χ0n) is 22.6. The van der Waals surface area contributed by atoms with Gasteiger partial charge in [0.15, 0.2) is 17.5 Å². The molecular formula is C37H25BrN4. The molecule has 5 heteroatoms. The van der Waals surface area contributed by atoms with Crippen LogP contribution in [0.2, 0.25) is 0 Å². The van der Waals surface area contributed by atoms with Crippen LogP contribution in [0.15, 0.2) is 144 Å². The van der Waals surface area contributed by atoms with E-state index in [9.17, 15) is 0 Å². The molecule has 0 spiro atoms. The van der Waals surface area contributed by atoms with E-state index >= 15 is 0 Å². The van der Waals surface area contributed by atoms with Gasteiger partial charge in [0.05, 0.1) is 11.7 Å². The highest BCUT2D eigenvalue weighted by molar-refractivity contribution is 9.11. The first-order valence-electron chi connectivity index (χ1n) is 14.1. The van der Waals surface area contributed by atoms with E-state index in [1.165, 1.54) is 22.0 Å². The Balaban J connectivity index is 1.30. The third-order valence-electron chi connectivity index (χ3n) is 8.07. The monoisotopic (exact) mass is 604 g/mol. The van der Waals surface area contributed by atoms with Gasteiger partial charge >= 0.3 is 0 Å². The van der Waals surface area contributed by atoms with Crippen molar-refractivity contribution in [2.24, 2.45) is 0 Å². The zero-order valence-corrected chi connectivity index (χ0v) is 24.2. The van der Waals surface area contributed by atoms with Crippen LogP contribution in [-0.2, 0) is 0 Å². The van der Waals surface area contributed by atoms with Gasteiger partial charge in [0, 0.05) is 38.2 Å². The van der Waals surface area contributed by atoms with Gasteiger partial charge in [-0.15, -0.1) is 0 Å². The number of aromatic nitrogens is 3.